The first-order valence-corrected chi connectivity index (χ1v) is 5.62. The third-order valence-electron chi connectivity index (χ3n) is 2.94. The zero-order valence-electron chi connectivity index (χ0n) is 9.36. The SMILES string of the molecule is Cc1nc(C(=O)NC2CCCCC2N)n[nH]1. The summed E-state index contributed by atoms with van der Waals surface area (Å²) in [6.07, 6.45) is 4.17. The number of carbonyl (C=O) groups is 1. The molecule has 2 atom stereocenters. The van der Waals surface area contributed by atoms with E-state index in [-0.39, 0.29) is 23.8 Å². The van der Waals surface area contributed by atoms with Crippen LogP contribution in [-0.4, -0.2) is 33.2 Å². The summed E-state index contributed by atoms with van der Waals surface area (Å²) in [6, 6.07) is 0.109. The molecule has 1 heterocycles. The average molecular weight is 223 g/mol. The van der Waals surface area contributed by atoms with Gasteiger partial charge in [-0.25, -0.2) is 4.98 Å². The Balaban J connectivity index is 1.96. The molecule has 0 spiro atoms. The van der Waals surface area contributed by atoms with Gasteiger partial charge in [-0.3, -0.25) is 9.89 Å². The smallest absolute Gasteiger partial charge is 0.291 e. The maximum absolute atomic E-state index is 11.8. The zero-order chi connectivity index (χ0) is 11.5. The third kappa shape index (κ3) is 2.38. The number of hydrogen-bond acceptors (Lipinski definition) is 4. The van der Waals surface area contributed by atoms with E-state index in [0.717, 1.165) is 25.7 Å². The Labute approximate surface area is 94.0 Å². The Morgan fingerprint density at radius 3 is 2.88 bits per heavy atom. The number of nitrogens with two attached hydrogens (primary N) is 1. The molecule has 1 aliphatic rings. The van der Waals surface area contributed by atoms with Crippen molar-refractivity contribution in [2.75, 3.05) is 0 Å². The lowest BCUT2D eigenvalue weighted by Gasteiger charge is -2.28. The highest BCUT2D eigenvalue weighted by atomic mass is 16.2. The van der Waals surface area contributed by atoms with Crippen molar-refractivity contribution in [1.29, 1.82) is 0 Å². The summed E-state index contributed by atoms with van der Waals surface area (Å²) in [5.74, 6) is 0.583. The number of nitrogens with one attached hydrogen (secondary N) is 2. The highest BCUT2D eigenvalue weighted by Crippen LogP contribution is 2.16. The molecule has 1 aromatic heterocycles. The molecule has 6 nitrogen and oxygen atoms in total. The molecule has 0 bridgehead atoms. The number of H-pyrrole nitrogens is 1. The fraction of sp³-hybridized carbons (Fsp3) is 0.700. The third-order valence-corrected chi connectivity index (χ3v) is 2.94. The van der Waals surface area contributed by atoms with Crippen LogP contribution in [-0.2, 0) is 0 Å². The van der Waals surface area contributed by atoms with Gasteiger partial charge in [0, 0.05) is 12.1 Å². The minimum absolute atomic E-state index is 0.0535. The van der Waals surface area contributed by atoms with E-state index in [9.17, 15) is 4.79 Å². The largest absolute Gasteiger partial charge is 0.345 e. The standard InChI is InChI=1S/C10H17N5O/c1-6-12-9(15-14-6)10(16)13-8-5-3-2-4-7(8)11/h7-8H,2-5,11H2,1H3,(H,13,16)(H,12,14,15). The van der Waals surface area contributed by atoms with Gasteiger partial charge in [0.1, 0.15) is 5.82 Å². The number of hydrogen-bond donors (Lipinski definition) is 3. The fourth-order valence-corrected chi connectivity index (χ4v) is 2.02. The second-order valence-electron chi connectivity index (χ2n) is 4.27. The van der Waals surface area contributed by atoms with Crippen molar-refractivity contribution < 1.29 is 4.79 Å². The quantitative estimate of drug-likeness (QED) is 0.663. The molecule has 2 rings (SSSR count). The molecular formula is C10H17N5O. The maximum Gasteiger partial charge on any atom is 0.291 e. The molecule has 16 heavy (non-hydrogen) atoms. The van der Waals surface area contributed by atoms with Crippen LogP contribution in [0.25, 0.3) is 0 Å². The Morgan fingerprint density at radius 2 is 2.25 bits per heavy atom. The van der Waals surface area contributed by atoms with Gasteiger partial charge in [-0.1, -0.05) is 12.8 Å². The summed E-state index contributed by atoms with van der Waals surface area (Å²) in [5.41, 5.74) is 5.95. The molecule has 1 amide bonds. The topological polar surface area (TPSA) is 96.7 Å². The summed E-state index contributed by atoms with van der Waals surface area (Å²) in [5, 5.41) is 9.35. The number of amides is 1. The van der Waals surface area contributed by atoms with E-state index in [1.807, 2.05) is 0 Å². The average Bonchev–Trinajstić information content (AvgIpc) is 2.68. The van der Waals surface area contributed by atoms with Crippen LogP contribution in [0.15, 0.2) is 0 Å². The zero-order valence-corrected chi connectivity index (χ0v) is 9.36. The molecule has 1 aromatic rings. The Morgan fingerprint density at radius 1 is 1.50 bits per heavy atom. The monoisotopic (exact) mass is 223 g/mol. The highest BCUT2D eigenvalue weighted by Gasteiger charge is 2.24. The number of nitrogens with zero attached hydrogens (tertiary/aromatic N) is 2. The highest BCUT2D eigenvalue weighted by molar-refractivity contribution is 5.90. The van der Waals surface area contributed by atoms with E-state index < -0.39 is 0 Å². The van der Waals surface area contributed by atoms with E-state index in [0.29, 0.717) is 5.82 Å². The normalized spacial score (nSPS) is 25.4. The predicted octanol–water partition coefficient (Wildman–Crippen LogP) is 0.113. The molecule has 0 aliphatic heterocycles. The van der Waals surface area contributed by atoms with Crippen LogP contribution in [0.1, 0.15) is 42.1 Å². The summed E-state index contributed by atoms with van der Waals surface area (Å²) >= 11 is 0. The number of aromatic nitrogens is 3. The summed E-state index contributed by atoms with van der Waals surface area (Å²) < 4.78 is 0. The van der Waals surface area contributed by atoms with E-state index in [1.165, 1.54) is 0 Å². The molecule has 2 unspecified atom stereocenters. The lowest BCUT2D eigenvalue weighted by molar-refractivity contribution is 0.0911. The van der Waals surface area contributed by atoms with Crippen molar-refractivity contribution in [2.24, 2.45) is 5.73 Å². The maximum atomic E-state index is 11.8. The number of rotatable bonds is 2. The molecular weight excluding hydrogens is 206 g/mol. The Hall–Kier alpha value is -1.43. The molecule has 88 valence electrons. The first-order chi connectivity index (χ1) is 7.66. The van der Waals surface area contributed by atoms with Crippen molar-refractivity contribution in [3.63, 3.8) is 0 Å². The second-order valence-corrected chi connectivity index (χ2v) is 4.27. The summed E-state index contributed by atoms with van der Waals surface area (Å²) in [4.78, 5) is 15.7. The molecule has 1 aliphatic carbocycles. The van der Waals surface area contributed by atoms with Gasteiger partial charge in [0.25, 0.3) is 5.91 Å². The van der Waals surface area contributed by atoms with Crippen LogP contribution in [0, 0.1) is 6.92 Å². The van der Waals surface area contributed by atoms with Gasteiger partial charge in [0.15, 0.2) is 0 Å². The molecule has 1 saturated carbocycles. The minimum Gasteiger partial charge on any atom is -0.345 e. The van der Waals surface area contributed by atoms with E-state index in [1.54, 1.807) is 6.92 Å². The molecule has 6 heteroatoms. The Kier molecular flexibility index (Phi) is 3.19. The summed E-state index contributed by atoms with van der Waals surface area (Å²) in [6.45, 7) is 1.76. The van der Waals surface area contributed by atoms with Crippen LogP contribution in [0.3, 0.4) is 0 Å². The molecule has 4 N–H and O–H groups in total. The van der Waals surface area contributed by atoms with E-state index >= 15 is 0 Å². The van der Waals surface area contributed by atoms with Gasteiger partial charge >= 0.3 is 0 Å². The van der Waals surface area contributed by atoms with Crippen LogP contribution in [0.5, 0.6) is 0 Å². The van der Waals surface area contributed by atoms with Gasteiger partial charge in [-0.05, 0) is 19.8 Å². The first-order valence-electron chi connectivity index (χ1n) is 5.62. The number of aromatic amines is 1. The van der Waals surface area contributed by atoms with Crippen LogP contribution in [0.2, 0.25) is 0 Å². The van der Waals surface area contributed by atoms with Crippen molar-refractivity contribution in [1.82, 2.24) is 20.5 Å². The van der Waals surface area contributed by atoms with Crippen molar-refractivity contribution >= 4 is 5.91 Å². The summed E-state index contributed by atoms with van der Waals surface area (Å²) in [7, 11) is 0. The van der Waals surface area contributed by atoms with Crippen molar-refractivity contribution in [2.45, 2.75) is 44.7 Å². The van der Waals surface area contributed by atoms with Gasteiger partial charge < -0.3 is 11.1 Å². The van der Waals surface area contributed by atoms with Crippen LogP contribution in [0.4, 0.5) is 0 Å². The lowest BCUT2D eigenvalue weighted by atomic mass is 9.91. The fourth-order valence-electron chi connectivity index (χ4n) is 2.02. The van der Waals surface area contributed by atoms with Crippen molar-refractivity contribution in [3.05, 3.63) is 11.6 Å². The van der Waals surface area contributed by atoms with Crippen LogP contribution >= 0.6 is 0 Å². The van der Waals surface area contributed by atoms with Gasteiger partial charge in [0.2, 0.25) is 5.82 Å². The second kappa shape index (κ2) is 4.61. The van der Waals surface area contributed by atoms with E-state index in [4.69, 9.17) is 5.73 Å². The molecule has 0 saturated heterocycles. The Bertz CT molecular complexity index is 375. The van der Waals surface area contributed by atoms with Gasteiger partial charge in [0.05, 0.1) is 0 Å². The number of carbonyl (C=O) groups excluding carboxylic acids is 1. The lowest BCUT2D eigenvalue weighted by Crippen LogP contribution is -2.49. The van der Waals surface area contributed by atoms with Crippen LogP contribution < -0.4 is 11.1 Å². The molecule has 0 aromatic carbocycles. The van der Waals surface area contributed by atoms with Gasteiger partial charge in [-0.2, -0.15) is 0 Å². The minimum atomic E-state index is -0.244. The van der Waals surface area contributed by atoms with E-state index in [2.05, 4.69) is 20.5 Å². The first kappa shape index (κ1) is 11.1. The molecule has 0 radical (unpaired) electrons. The molecule has 1 fully saturated rings. The predicted molar refractivity (Wildman–Crippen MR) is 58.8 cm³/mol. The van der Waals surface area contributed by atoms with Crippen molar-refractivity contribution in [3.8, 4) is 0 Å². The number of aryl methyl sites for hydroxylation is 1. The van der Waals surface area contributed by atoms with Gasteiger partial charge in [-0.15, -0.1) is 5.10 Å².